The number of H-pyrrole nitrogens is 1. The van der Waals surface area contributed by atoms with E-state index in [1.165, 1.54) is 0 Å². The molecule has 2 aliphatic rings. The number of nitrogens with one attached hydrogen (secondary N) is 1. The number of hydrogen-bond acceptors (Lipinski definition) is 6. The average Bonchev–Trinajstić information content (AvgIpc) is 3.14. The van der Waals surface area contributed by atoms with E-state index >= 15 is 0 Å². The molecular formula is C18H23N5O3. The topological polar surface area (TPSA) is 108 Å². The second-order valence-electron chi connectivity index (χ2n) is 7.02. The molecule has 0 unspecified atom stereocenters. The number of aromatic amines is 1. The van der Waals surface area contributed by atoms with Gasteiger partial charge in [-0.05, 0) is 44.5 Å². The van der Waals surface area contributed by atoms with Crippen LogP contribution in [0.2, 0.25) is 0 Å². The van der Waals surface area contributed by atoms with Gasteiger partial charge in [-0.25, -0.2) is 4.98 Å². The SMILES string of the molecule is Nc1nc2c(c(=O)[nH]1)CCN(C(=O)C1CCN(Cc3ccco3)CC1)C2. The lowest BCUT2D eigenvalue weighted by Gasteiger charge is -2.35. The van der Waals surface area contributed by atoms with Crippen LogP contribution >= 0.6 is 0 Å². The number of rotatable bonds is 3. The first-order chi connectivity index (χ1) is 12.6. The third-order valence-electron chi connectivity index (χ3n) is 5.30. The van der Waals surface area contributed by atoms with Crippen molar-refractivity contribution in [1.82, 2.24) is 19.8 Å². The number of nitrogen functional groups attached to an aromatic ring is 1. The Bertz CT molecular complexity index is 837. The van der Waals surface area contributed by atoms with Crippen LogP contribution < -0.4 is 11.3 Å². The van der Waals surface area contributed by atoms with E-state index in [4.69, 9.17) is 10.2 Å². The Morgan fingerprint density at radius 2 is 2.15 bits per heavy atom. The number of carbonyl (C=O) groups is 1. The van der Waals surface area contributed by atoms with E-state index in [9.17, 15) is 9.59 Å². The molecule has 8 nitrogen and oxygen atoms in total. The number of nitrogens with zero attached hydrogens (tertiary/aromatic N) is 3. The van der Waals surface area contributed by atoms with Gasteiger partial charge in [0, 0.05) is 18.0 Å². The third kappa shape index (κ3) is 3.37. The molecule has 1 fully saturated rings. The van der Waals surface area contributed by atoms with Gasteiger partial charge in [-0.1, -0.05) is 0 Å². The largest absolute Gasteiger partial charge is 0.468 e. The Hall–Kier alpha value is -2.61. The lowest BCUT2D eigenvalue weighted by molar-refractivity contribution is -0.138. The molecule has 0 aromatic carbocycles. The minimum atomic E-state index is -0.189. The molecule has 2 aromatic rings. The summed E-state index contributed by atoms with van der Waals surface area (Å²) in [5.74, 6) is 1.25. The van der Waals surface area contributed by atoms with Gasteiger partial charge in [0.2, 0.25) is 11.9 Å². The van der Waals surface area contributed by atoms with E-state index in [2.05, 4.69) is 14.9 Å². The molecule has 0 spiro atoms. The van der Waals surface area contributed by atoms with Gasteiger partial charge in [-0.2, -0.15) is 0 Å². The van der Waals surface area contributed by atoms with Gasteiger partial charge in [-0.15, -0.1) is 0 Å². The van der Waals surface area contributed by atoms with Crippen LogP contribution in [0, 0.1) is 5.92 Å². The minimum Gasteiger partial charge on any atom is -0.468 e. The maximum Gasteiger partial charge on any atom is 0.255 e. The van der Waals surface area contributed by atoms with E-state index in [-0.39, 0.29) is 23.3 Å². The van der Waals surface area contributed by atoms with Crippen molar-refractivity contribution in [3.63, 3.8) is 0 Å². The van der Waals surface area contributed by atoms with E-state index in [0.29, 0.717) is 30.8 Å². The van der Waals surface area contributed by atoms with Gasteiger partial charge in [0.05, 0.1) is 25.0 Å². The Morgan fingerprint density at radius 1 is 1.35 bits per heavy atom. The number of likely N-dealkylation sites (tertiary alicyclic amines) is 1. The number of aromatic nitrogens is 2. The fourth-order valence-corrected chi connectivity index (χ4v) is 3.87. The molecule has 1 saturated heterocycles. The zero-order chi connectivity index (χ0) is 18.1. The van der Waals surface area contributed by atoms with E-state index in [0.717, 1.165) is 38.2 Å². The van der Waals surface area contributed by atoms with Gasteiger partial charge in [0.1, 0.15) is 5.76 Å². The first kappa shape index (κ1) is 16.8. The van der Waals surface area contributed by atoms with Crippen LogP contribution in [0.25, 0.3) is 0 Å². The Labute approximate surface area is 151 Å². The van der Waals surface area contributed by atoms with E-state index in [1.807, 2.05) is 17.0 Å². The molecule has 4 rings (SSSR count). The molecule has 1 amide bonds. The summed E-state index contributed by atoms with van der Waals surface area (Å²) in [6, 6.07) is 3.87. The zero-order valence-electron chi connectivity index (χ0n) is 14.6. The number of hydrogen-bond donors (Lipinski definition) is 2. The van der Waals surface area contributed by atoms with Crippen LogP contribution in [-0.2, 0) is 24.3 Å². The summed E-state index contributed by atoms with van der Waals surface area (Å²) in [6.07, 6.45) is 3.90. The summed E-state index contributed by atoms with van der Waals surface area (Å²) in [6.45, 7) is 3.48. The van der Waals surface area contributed by atoms with Crippen LogP contribution in [0.4, 0.5) is 5.95 Å². The predicted octanol–water partition coefficient (Wildman–Crippen LogP) is 0.742. The minimum absolute atomic E-state index is 0.0312. The van der Waals surface area contributed by atoms with Gasteiger partial charge < -0.3 is 15.1 Å². The second-order valence-corrected chi connectivity index (χ2v) is 7.02. The summed E-state index contributed by atoms with van der Waals surface area (Å²) in [7, 11) is 0. The van der Waals surface area contributed by atoms with E-state index in [1.54, 1.807) is 6.26 Å². The highest BCUT2D eigenvalue weighted by atomic mass is 16.3. The summed E-state index contributed by atoms with van der Waals surface area (Å²) in [4.78, 5) is 35.7. The van der Waals surface area contributed by atoms with Crippen molar-refractivity contribution in [1.29, 1.82) is 0 Å². The molecule has 0 bridgehead atoms. The number of nitrogens with two attached hydrogens (primary N) is 1. The van der Waals surface area contributed by atoms with Crippen molar-refractivity contribution < 1.29 is 9.21 Å². The van der Waals surface area contributed by atoms with Crippen LogP contribution in [0.5, 0.6) is 0 Å². The fourth-order valence-electron chi connectivity index (χ4n) is 3.87. The third-order valence-corrected chi connectivity index (χ3v) is 5.30. The van der Waals surface area contributed by atoms with Crippen molar-refractivity contribution in [3.05, 3.63) is 45.8 Å². The number of carbonyl (C=O) groups excluding carboxylic acids is 1. The highest BCUT2D eigenvalue weighted by Crippen LogP contribution is 2.24. The summed E-state index contributed by atoms with van der Waals surface area (Å²) in [5.41, 5.74) is 6.72. The van der Waals surface area contributed by atoms with Crippen LogP contribution in [-0.4, -0.2) is 45.3 Å². The van der Waals surface area contributed by atoms with Crippen molar-refractivity contribution in [2.75, 3.05) is 25.4 Å². The fraction of sp³-hybridized carbons (Fsp3) is 0.500. The zero-order valence-corrected chi connectivity index (χ0v) is 14.6. The molecule has 138 valence electrons. The average molecular weight is 357 g/mol. The Kier molecular flexibility index (Phi) is 4.50. The van der Waals surface area contributed by atoms with Crippen molar-refractivity contribution in [2.24, 2.45) is 5.92 Å². The second kappa shape index (κ2) is 6.95. The monoisotopic (exact) mass is 357 g/mol. The number of piperidine rings is 1. The van der Waals surface area contributed by atoms with Crippen LogP contribution in [0.1, 0.15) is 29.9 Å². The summed E-state index contributed by atoms with van der Waals surface area (Å²) >= 11 is 0. The lowest BCUT2D eigenvalue weighted by atomic mass is 9.94. The van der Waals surface area contributed by atoms with Crippen LogP contribution in [0.3, 0.4) is 0 Å². The summed E-state index contributed by atoms with van der Waals surface area (Å²) < 4.78 is 5.40. The number of fused-ring (bicyclic) bond motifs is 1. The van der Waals surface area contributed by atoms with Gasteiger partial charge in [0.25, 0.3) is 5.56 Å². The molecule has 0 radical (unpaired) electrons. The molecule has 0 atom stereocenters. The van der Waals surface area contributed by atoms with Gasteiger partial charge in [-0.3, -0.25) is 19.5 Å². The molecule has 2 aliphatic heterocycles. The standard InChI is InChI=1S/C18H23N5O3/c19-18-20-15-11-23(8-5-14(15)16(24)21-18)17(25)12-3-6-22(7-4-12)10-13-2-1-9-26-13/h1-2,9,12H,3-8,10-11H2,(H3,19,20,21,24). The maximum absolute atomic E-state index is 12.9. The van der Waals surface area contributed by atoms with Gasteiger partial charge >= 0.3 is 0 Å². The molecular weight excluding hydrogens is 334 g/mol. The quantitative estimate of drug-likeness (QED) is 0.839. The highest BCUT2D eigenvalue weighted by molar-refractivity contribution is 5.79. The molecule has 26 heavy (non-hydrogen) atoms. The van der Waals surface area contributed by atoms with Crippen LogP contribution in [0.15, 0.2) is 27.6 Å². The highest BCUT2D eigenvalue weighted by Gasteiger charge is 2.31. The Morgan fingerprint density at radius 3 is 2.88 bits per heavy atom. The Balaban J connectivity index is 1.36. The van der Waals surface area contributed by atoms with Crippen molar-refractivity contribution in [3.8, 4) is 0 Å². The normalized spacial score (nSPS) is 18.7. The summed E-state index contributed by atoms with van der Waals surface area (Å²) in [5, 5.41) is 0. The maximum atomic E-state index is 12.9. The molecule has 2 aromatic heterocycles. The smallest absolute Gasteiger partial charge is 0.255 e. The molecule has 0 saturated carbocycles. The molecule has 8 heteroatoms. The van der Waals surface area contributed by atoms with Crippen molar-refractivity contribution >= 4 is 11.9 Å². The van der Waals surface area contributed by atoms with Gasteiger partial charge in [0.15, 0.2) is 0 Å². The lowest BCUT2D eigenvalue weighted by Crippen LogP contribution is -2.45. The molecule has 4 heterocycles. The first-order valence-corrected chi connectivity index (χ1v) is 9.01. The van der Waals surface area contributed by atoms with Crippen molar-refractivity contribution in [2.45, 2.75) is 32.4 Å². The molecule has 3 N–H and O–H groups in total. The predicted molar refractivity (Wildman–Crippen MR) is 95.1 cm³/mol. The first-order valence-electron chi connectivity index (χ1n) is 9.01. The van der Waals surface area contributed by atoms with E-state index < -0.39 is 0 Å². The number of amides is 1. The molecule has 0 aliphatic carbocycles. The number of anilines is 1. The number of furan rings is 1.